The van der Waals surface area contributed by atoms with Gasteiger partial charge in [-0.25, -0.2) is 29.3 Å². The number of H-pyrrole nitrogens is 6. The second-order valence-electron chi connectivity index (χ2n) is 13.1. The van der Waals surface area contributed by atoms with Crippen LogP contribution in [0.1, 0.15) is 0 Å². The molecular formula is C54H60N30O3S3. The van der Waals surface area contributed by atoms with E-state index in [1.165, 1.54) is 79.9 Å². The van der Waals surface area contributed by atoms with Crippen LogP contribution in [0.2, 0.25) is 0 Å². The number of nitrogens with one attached hydrogen (secondary N) is 6. The van der Waals surface area contributed by atoms with Crippen molar-refractivity contribution in [2.24, 2.45) is 0 Å². The van der Waals surface area contributed by atoms with Crippen LogP contribution < -0.4 is 0 Å². The Bertz CT molecular complexity index is 2340. The van der Waals surface area contributed by atoms with Gasteiger partial charge in [-0.1, -0.05) is 52.8 Å². The lowest BCUT2D eigenvalue weighted by molar-refractivity contribution is 0.420. The number of nitrogens with zero attached hydrogens (tertiary/aromatic N) is 24. The molecule has 16 heterocycles. The Balaban J connectivity index is 0.000000478. The molecular weight excluding hydrogens is 1210 g/mol. The Morgan fingerprint density at radius 2 is 0.989 bits per heavy atom. The maximum absolute atomic E-state index is 4.47. The standard InChI is InChI=1S/C6H6.C5H5N.3C4H4N2.C4H5N.2C3H4N2.2C3H3NO.2C3H3NS.2C2H3N3.C2H2N2O.C2H2N2S.CH2N4/c2*1-2-4-6-5-3-1;1-2-6-4-3-5-1;1-2-5-4-6-3-1;1-2-4-6-5-3-1;1-2-4-5-3-1;1-2-5-3-4-1;1-2-4-5-3-1;1-2-5-3-4-1;1-2-4-5-3-1;1-2-5-3-4-1;1-2-4-5-3-1;1-3-2-5-4-1;1-2-4-5-3-1;2*1-3-4-2-5-1;1-2-4-5-3-1/h1-6H;1-5H;3*1-4H;1-5H;2*1-3H,(H,4,5);4*1-3H;2*1-2H,(H,3,4,5);2*1-2H;1H,(H,2,3,4,5). The summed E-state index contributed by atoms with van der Waals surface area (Å²) in [7, 11) is 0. The molecule has 17 rings (SSSR count). The summed E-state index contributed by atoms with van der Waals surface area (Å²) in [6.45, 7) is 0. The van der Waals surface area contributed by atoms with Crippen molar-refractivity contribution in [1.29, 1.82) is 0 Å². The lowest BCUT2D eigenvalue weighted by atomic mass is 10.4. The van der Waals surface area contributed by atoms with Gasteiger partial charge in [-0.3, -0.25) is 30.1 Å². The quantitative estimate of drug-likeness (QED) is 0.0823. The third kappa shape index (κ3) is 69.3. The molecule has 16 aromatic heterocycles. The van der Waals surface area contributed by atoms with Gasteiger partial charge in [0, 0.05) is 122 Å². The maximum Gasteiger partial charge on any atom is 0.203 e. The van der Waals surface area contributed by atoms with Gasteiger partial charge in [0.05, 0.1) is 36.6 Å². The van der Waals surface area contributed by atoms with Gasteiger partial charge in [0.25, 0.3) is 0 Å². The minimum atomic E-state index is 1.26. The van der Waals surface area contributed by atoms with Crippen molar-refractivity contribution >= 4 is 34.2 Å². The van der Waals surface area contributed by atoms with E-state index < -0.39 is 0 Å². The average Bonchev–Trinajstić information content (AvgIpc) is 4.45. The first-order valence-electron chi connectivity index (χ1n) is 24.9. The number of pyridine rings is 1. The molecule has 33 nitrogen and oxygen atoms in total. The summed E-state index contributed by atoms with van der Waals surface area (Å²) < 4.78 is 16.9. The highest BCUT2D eigenvalue weighted by atomic mass is 32.1. The Labute approximate surface area is 526 Å². The van der Waals surface area contributed by atoms with Gasteiger partial charge in [0.15, 0.2) is 12.7 Å². The van der Waals surface area contributed by atoms with Crippen molar-refractivity contribution in [3.63, 3.8) is 0 Å². The third-order valence-corrected chi connectivity index (χ3v) is 8.34. The Morgan fingerprint density at radius 1 is 0.300 bits per heavy atom. The topological polar surface area (TPSA) is 444 Å². The lowest BCUT2D eigenvalue weighted by Crippen LogP contribution is -1.69. The van der Waals surface area contributed by atoms with Gasteiger partial charge in [-0.05, 0) is 72.2 Å². The number of tetrazole rings is 1. The van der Waals surface area contributed by atoms with Crippen LogP contribution in [0, 0.1) is 0 Å². The molecule has 0 bridgehead atoms. The van der Waals surface area contributed by atoms with Crippen LogP contribution in [0.15, 0.2) is 343 Å². The van der Waals surface area contributed by atoms with Crippen LogP contribution in [0.25, 0.3) is 0 Å². The minimum absolute atomic E-state index is 1.26. The van der Waals surface area contributed by atoms with Crippen LogP contribution in [-0.2, 0) is 0 Å². The van der Waals surface area contributed by atoms with E-state index in [4.69, 9.17) is 0 Å². The highest BCUT2D eigenvalue weighted by Crippen LogP contribution is 1.86. The largest absolute Gasteiger partial charge is 0.452 e. The second-order valence-corrected chi connectivity index (χ2v) is 15.2. The monoisotopic (exact) mass is 1270 g/mol. The zero-order valence-corrected chi connectivity index (χ0v) is 49.8. The van der Waals surface area contributed by atoms with Crippen LogP contribution in [0.4, 0.5) is 0 Å². The van der Waals surface area contributed by atoms with E-state index in [2.05, 4.69) is 165 Å². The van der Waals surface area contributed by atoms with Crippen molar-refractivity contribution in [2.75, 3.05) is 0 Å². The van der Waals surface area contributed by atoms with Gasteiger partial charge >= 0.3 is 0 Å². The molecule has 17 aromatic rings. The fraction of sp³-hybridized carbons (Fsp3) is 0. The normalized spacial score (nSPS) is 8.00. The van der Waals surface area contributed by atoms with Crippen molar-refractivity contribution in [1.82, 2.24) is 151 Å². The smallest absolute Gasteiger partial charge is 0.203 e. The first-order chi connectivity index (χ1) is 45.0. The predicted molar refractivity (Wildman–Crippen MR) is 333 cm³/mol. The van der Waals surface area contributed by atoms with E-state index >= 15 is 0 Å². The zero-order valence-electron chi connectivity index (χ0n) is 47.4. The van der Waals surface area contributed by atoms with E-state index in [0.717, 1.165) is 0 Å². The molecule has 0 radical (unpaired) electrons. The van der Waals surface area contributed by atoms with Crippen molar-refractivity contribution in [3.05, 3.63) is 330 Å². The molecule has 36 heteroatoms. The number of rotatable bonds is 0. The summed E-state index contributed by atoms with van der Waals surface area (Å²) in [6.07, 6.45) is 51.6. The Kier molecular flexibility index (Phi) is 60.2. The fourth-order valence-electron chi connectivity index (χ4n) is 3.60. The highest BCUT2D eigenvalue weighted by Gasteiger charge is 1.67. The minimum Gasteiger partial charge on any atom is -0.452 e. The molecule has 0 saturated heterocycles. The molecule has 0 aliphatic rings. The SMILES string of the molecule is c1c[nH]cn1.c1cc[nH]c1.c1ccccc1.c1ccncc1.c1ccnnc1.c1cn[nH]c1.c1cn[nH]n1.c1cnccn1.c1cncnc1.c1cnoc1.c1cnsc1.c1cocn1.c1cscn1.c1nc[nH]n1.c1nn[nH]n1.c1nnco1.c1nncs1. The van der Waals surface area contributed by atoms with Crippen molar-refractivity contribution < 1.29 is 13.4 Å². The van der Waals surface area contributed by atoms with Crippen LogP contribution >= 0.6 is 34.2 Å². The summed E-state index contributed by atoms with van der Waals surface area (Å²) >= 11 is 4.56. The van der Waals surface area contributed by atoms with Crippen molar-refractivity contribution in [3.8, 4) is 0 Å². The van der Waals surface area contributed by atoms with Gasteiger partial charge in [-0.15, -0.1) is 53.3 Å². The summed E-state index contributed by atoms with van der Waals surface area (Å²) in [5.41, 5.74) is 5.15. The Morgan fingerprint density at radius 3 is 1.18 bits per heavy atom. The van der Waals surface area contributed by atoms with E-state index in [0.29, 0.717) is 0 Å². The molecule has 0 aliphatic heterocycles. The van der Waals surface area contributed by atoms with Crippen LogP contribution in [0.5, 0.6) is 0 Å². The van der Waals surface area contributed by atoms with Gasteiger partial charge in [-0.2, -0.15) is 41.0 Å². The first-order valence-corrected chi connectivity index (χ1v) is 27.6. The van der Waals surface area contributed by atoms with E-state index in [1.807, 2.05) is 114 Å². The fourth-order valence-corrected chi connectivity index (χ4v) is 4.58. The molecule has 0 unspecified atom stereocenters. The molecule has 6 N–H and O–H groups in total. The average molecular weight is 1270 g/mol. The van der Waals surface area contributed by atoms with Crippen LogP contribution in [0.3, 0.4) is 0 Å². The van der Waals surface area contributed by atoms with Crippen LogP contribution in [-0.4, -0.2) is 151 Å². The number of hydrogen-bond acceptors (Lipinski definition) is 30. The second kappa shape index (κ2) is 72.1. The molecule has 0 saturated carbocycles. The number of benzene rings is 1. The molecule has 0 atom stereocenters. The molecule has 1 aromatic carbocycles. The van der Waals surface area contributed by atoms with Gasteiger partial charge < -0.3 is 23.3 Å². The molecule has 0 spiro atoms. The summed E-state index contributed by atoms with van der Waals surface area (Å²) in [5, 5.41) is 61.6. The lowest BCUT2D eigenvalue weighted by Gasteiger charge is -1.70. The summed E-state index contributed by atoms with van der Waals surface area (Å²) in [6, 6.07) is 32.5. The molecule has 0 amide bonds. The first kappa shape index (κ1) is 75.1. The number of aromatic amines is 6. The molecule has 90 heavy (non-hydrogen) atoms. The maximum atomic E-state index is 4.47. The number of imidazole rings is 1. The number of aromatic nitrogens is 30. The highest BCUT2D eigenvalue weighted by molar-refractivity contribution is 7.07. The number of thiazole rings is 1. The summed E-state index contributed by atoms with van der Waals surface area (Å²) in [4.78, 5) is 38.7. The van der Waals surface area contributed by atoms with Crippen molar-refractivity contribution in [2.45, 2.75) is 0 Å². The summed E-state index contributed by atoms with van der Waals surface area (Å²) in [5.74, 6) is 0. The third-order valence-electron chi connectivity index (χ3n) is 6.87. The van der Waals surface area contributed by atoms with Gasteiger partial charge in [0.1, 0.15) is 42.5 Å². The zero-order chi connectivity index (χ0) is 63.6. The predicted octanol–water partition coefficient (Wildman–Crippen LogP) is 9.08. The number of oxazole rings is 1. The molecule has 462 valence electrons. The van der Waals surface area contributed by atoms with E-state index in [-0.39, 0.29) is 0 Å². The molecule has 0 aliphatic carbocycles. The Hall–Kier alpha value is -13.0. The number of hydrogen-bond donors (Lipinski definition) is 6. The van der Waals surface area contributed by atoms with Gasteiger partial charge in [0.2, 0.25) is 12.8 Å². The van der Waals surface area contributed by atoms with E-state index in [1.54, 1.807) is 170 Å². The van der Waals surface area contributed by atoms with E-state index in [9.17, 15) is 0 Å². The molecule has 0 fully saturated rings.